The van der Waals surface area contributed by atoms with Gasteiger partial charge in [0.1, 0.15) is 10.7 Å². The number of hydrogen-bond donors (Lipinski definition) is 1. The first kappa shape index (κ1) is 22.1. The second-order valence-corrected chi connectivity index (χ2v) is 11.0. The van der Waals surface area contributed by atoms with Crippen LogP contribution in [0, 0.1) is 5.82 Å². The van der Waals surface area contributed by atoms with E-state index in [0.717, 1.165) is 17.3 Å². The first-order valence-electron chi connectivity index (χ1n) is 9.62. The van der Waals surface area contributed by atoms with Crippen molar-refractivity contribution in [3.8, 4) is 0 Å². The van der Waals surface area contributed by atoms with E-state index >= 15 is 0 Å². The van der Waals surface area contributed by atoms with Crippen molar-refractivity contribution >= 4 is 30.9 Å². The van der Waals surface area contributed by atoms with Gasteiger partial charge in [0.2, 0.25) is 10.0 Å². The lowest BCUT2D eigenvalue weighted by Crippen LogP contribution is -2.32. The number of aromatic nitrogens is 2. The molecule has 166 valence electrons. The van der Waals surface area contributed by atoms with Crippen LogP contribution < -0.4 is 4.72 Å². The number of benzene rings is 3. The molecule has 0 aliphatic carbocycles. The molecule has 4 rings (SSSR count). The van der Waals surface area contributed by atoms with Crippen LogP contribution in [-0.4, -0.2) is 32.6 Å². The van der Waals surface area contributed by atoms with E-state index in [9.17, 15) is 21.2 Å². The van der Waals surface area contributed by atoms with Crippen LogP contribution in [0.25, 0.3) is 11.0 Å². The summed E-state index contributed by atoms with van der Waals surface area (Å²) in [6, 6.07) is 17.5. The summed E-state index contributed by atoms with van der Waals surface area (Å²) in [7, 11) is -8.03. The number of rotatable bonds is 7. The molecule has 0 aliphatic heterocycles. The molecule has 0 saturated carbocycles. The standard InChI is InChI=1S/C22H20FN3O4S2/c1-31(27,28)21-8-4-5-9-22(21)32(29,30)25-19(16-10-12-17(23)13-11-16)14-26-15-24-18-6-2-3-7-20(18)26/h2-13,15,19,25H,14H2,1H3. The van der Waals surface area contributed by atoms with Crippen molar-refractivity contribution in [3.63, 3.8) is 0 Å². The zero-order valence-electron chi connectivity index (χ0n) is 17.0. The van der Waals surface area contributed by atoms with E-state index in [-0.39, 0.29) is 16.3 Å². The largest absolute Gasteiger partial charge is 0.329 e. The van der Waals surface area contributed by atoms with Gasteiger partial charge in [-0.05, 0) is 42.0 Å². The normalized spacial score (nSPS) is 13.3. The maximum absolute atomic E-state index is 13.5. The summed E-state index contributed by atoms with van der Waals surface area (Å²) < 4.78 is 68.7. The van der Waals surface area contributed by atoms with Crippen molar-refractivity contribution in [3.05, 3.63) is 90.5 Å². The summed E-state index contributed by atoms with van der Waals surface area (Å²) in [4.78, 5) is 3.69. The van der Waals surface area contributed by atoms with Crippen LogP contribution in [0.4, 0.5) is 4.39 Å². The van der Waals surface area contributed by atoms with Crippen LogP contribution in [0.5, 0.6) is 0 Å². The summed E-state index contributed by atoms with van der Waals surface area (Å²) in [5.41, 5.74) is 2.07. The fraction of sp³-hybridized carbons (Fsp3) is 0.136. The lowest BCUT2D eigenvalue weighted by molar-refractivity contribution is 0.513. The average Bonchev–Trinajstić information content (AvgIpc) is 3.16. The number of sulfone groups is 1. The Kier molecular flexibility index (Phi) is 5.85. The molecular formula is C22H20FN3O4S2. The molecule has 0 fully saturated rings. The minimum Gasteiger partial charge on any atom is -0.329 e. The van der Waals surface area contributed by atoms with Crippen LogP contribution >= 0.6 is 0 Å². The molecule has 0 aliphatic rings. The van der Waals surface area contributed by atoms with Crippen molar-refractivity contribution in [2.24, 2.45) is 0 Å². The van der Waals surface area contributed by atoms with Crippen molar-refractivity contribution < 1.29 is 21.2 Å². The lowest BCUT2D eigenvalue weighted by Gasteiger charge is -2.21. The van der Waals surface area contributed by atoms with Crippen molar-refractivity contribution in [1.29, 1.82) is 0 Å². The first-order chi connectivity index (χ1) is 15.1. The highest BCUT2D eigenvalue weighted by atomic mass is 32.2. The Morgan fingerprint density at radius 2 is 1.53 bits per heavy atom. The van der Waals surface area contributed by atoms with Crippen LogP contribution in [0.3, 0.4) is 0 Å². The highest BCUT2D eigenvalue weighted by Gasteiger charge is 2.27. The van der Waals surface area contributed by atoms with Gasteiger partial charge in [-0.15, -0.1) is 0 Å². The molecule has 32 heavy (non-hydrogen) atoms. The maximum atomic E-state index is 13.5. The highest BCUT2D eigenvalue weighted by Crippen LogP contribution is 2.25. The van der Waals surface area contributed by atoms with Crippen molar-refractivity contribution in [2.45, 2.75) is 22.4 Å². The van der Waals surface area contributed by atoms with Crippen LogP contribution in [0.2, 0.25) is 0 Å². The fourth-order valence-electron chi connectivity index (χ4n) is 3.49. The summed E-state index contributed by atoms with van der Waals surface area (Å²) in [6.07, 6.45) is 2.55. The number of halogens is 1. The third-order valence-electron chi connectivity index (χ3n) is 5.01. The van der Waals surface area contributed by atoms with Gasteiger partial charge in [-0.1, -0.05) is 36.4 Å². The van der Waals surface area contributed by atoms with Gasteiger partial charge < -0.3 is 4.57 Å². The molecule has 1 heterocycles. The number of hydrogen-bond acceptors (Lipinski definition) is 5. The molecule has 0 bridgehead atoms. The first-order valence-corrected chi connectivity index (χ1v) is 13.0. The van der Waals surface area contributed by atoms with E-state index in [1.54, 1.807) is 10.9 Å². The minimum atomic E-state index is -4.24. The molecule has 1 unspecified atom stereocenters. The second kappa shape index (κ2) is 8.45. The Morgan fingerprint density at radius 3 is 2.22 bits per heavy atom. The molecular weight excluding hydrogens is 453 g/mol. The summed E-state index contributed by atoms with van der Waals surface area (Å²) in [6.45, 7) is 0.159. The Morgan fingerprint density at radius 1 is 0.906 bits per heavy atom. The zero-order valence-corrected chi connectivity index (χ0v) is 18.6. The third kappa shape index (κ3) is 4.57. The molecule has 7 nitrogen and oxygen atoms in total. The number of imidazole rings is 1. The molecule has 0 spiro atoms. The Labute approximate surface area is 185 Å². The molecule has 10 heteroatoms. The minimum absolute atomic E-state index is 0.159. The molecule has 1 aromatic heterocycles. The van der Waals surface area contributed by atoms with Gasteiger partial charge >= 0.3 is 0 Å². The van der Waals surface area contributed by atoms with Crippen molar-refractivity contribution in [2.75, 3.05) is 6.26 Å². The Bertz CT molecular complexity index is 1480. The van der Waals surface area contributed by atoms with Gasteiger partial charge in [0, 0.05) is 12.8 Å². The van der Waals surface area contributed by atoms with E-state index < -0.39 is 31.7 Å². The van der Waals surface area contributed by atoms with E-state index in [1.807, 2.05) is 24.3 Å². The molecule has 1 N–H and O–H groups in total. The second-order valence-electron chi connectivity index (χ2n) is 7.33. The highest BCUT2D eigenvalue weighted by molar-refractivity contribution is 7.93. The number of fused-ring (bicyclic) bond motifs is 1. The maximum Gasteiger partial charge on any atom is 0.242 e. The zero-order chi connectivity index (χ0) is 22.9. The average molecular weight is 474 g/mol. The van der Waals surface area contributed by atoms with Crippen LogP contribution in [-0.2, 0) is 26.4 Å². The number of para-hydroxylation sites is 2. The quantitative estimate of drug-likeness (QED) is 0.444. The summed E-state index contributed by atoms with van der Waals surface area (Å²) in [5, 5.41) is 0. The van der Waals surface area contributed by atoms with Gasteiger partial charge in [-0.3, -0.25) is 0 Å². The van der Waals surface area contributed by atoms with E-state index in [4.69, 9.17) is 0 Å². The lowest BCUT2D eigenvalue weighted by atomic mass is 10.1. The molecule has 3 aromatic carbocycles. The molecule has 4 aromatic rings. The third-order valence-corrected chi connectivity index (χ3v) is 7.83. The van der Waals surface area contributed by atoms with Crippen LogP contribution in [0.1, 0.15) is 11.6 Å². The summed E-state index contributed by atoms with van der Waals surface area (Å²) in [5.74, 6) is -0.453. The number of nitrogens with zero attached hydrogens (tertiary/aromatic N) is 2. The van der Waals surface area contributed by atoms with Gasteiger partial charge in [-0.2, -0.15) is 0 Å². The molecule has 0 radical (unpaired) electrons. The van der Waals surface area contributed by atoms with Gasteiger partial charge in [0.05, 0.1) is 28.3 Å². The van der Waals surface area contributed by atoms with Crippen molar-refractivity contribution in [1.82, 2.24) is 14.3 Å². The molecule has 1 atom stereocenters. The monoisotopic (exact) mass is 473 g/mol. The Balaban J connectivity index is 1.77. The van der Waals surface area contributed by atoms with E-state index in [2.05, 4.69) is 9.71 Å². The summed E-state index contributed by atoms with van der Waals surface area (Å²) >= 11 is 0. The SMILES string of the molecule is CS(=O)(=O)c1ccccc1S(=O)(=O)NC(Cn1cnc2ccccc21)c1ccc(F)cc1. The van der Waals surface area contributed by atoms with E-state index in [0.29, 0.717) is 5.56 Å². The predicted molar refractivity (Wildman–Crippen MR) is 119 cm³/mol. The van der Waals surface area contributed by atoms with Gasteiger partial charge in [0.15, 0.2) is 9.84 Å². The smallest absolute Gasteiger partial charge is 0.242 e. The van der Waals surface area contributed by atoms with E-state index in [1.165, 1.54) is 48.5 Å². The molecule has 0 amide bonds. The van der Waals surface area contributed by atoms with Crippen LogP contribution in [0.15, 0.2) is 88.9 Å². The van der Waals surface area contributed by atoms with Gasteiger partial charge in [0.25, 0.3) is 0 Å². The predicted octanol–water partition coefficient (Wildman–Crippen LogP) is 3.30. The fourth-order valence-corrected chi connectivity index (χ4v) is 6.33. The van der Waals surface area contributed by atoms with Gasteiger partial charge in [-0.25, -0.2) is 30.9 Å². The number of nitrogens with one attached hydrogen (secondary N) is 1. The molecule has 0 saturated heterocycles. The topological polar surface area (TPSA) is 98.1 Å². The Hall–Kier alpha value is -3.08. The number of sulfonamides is 1.